The van der Waals surface area contributed by atoms with E-state index in [1.54, 1.807) is 6.20 Å². The lowest BCUT2D eigenvalue weighted by atomic mass is 9.99. The lowest BCUT2D eigenvalue weighted by Crippen LogP contribution is -2.41. The molecule has 9 nitrogen and oxygen atoms in total. The summed E-state index contributed by atoms with van der Waals surface area (Å²) >= 11 is 0. The van der Waals surface area contributed by atoms with Crippen molar-refractivity contribution in [3.63, 3.8) is 0 Å². The molecule has 0 radical (unpaired) electrons. The monoisotopic (exact) mass is 463 g/mol. The van der Waals surface area contributed by atoms with Crippen LogP contribution in [-0.2, 0) is 22.5 Å². The number of pyridine rings is 1. The predicted octanol–water partition coefficient (Wildman–Crippen LogP) is 3.10. The maximum absolute atomic E-state index is 11.9. The quantitative estimate of drug-likeness (QED) is 0.349. The van der Waals surface area contributed by atoms with Crippen LogP contribution in [0.3, 0.4) is 0 Å². The number of nitrogens with one attached hydrogen (secondary N) is 1. The molecule has 0 amide bonds. The molecule has 180 valence electrons. The van der Waals surface area contributed by atoms with Gasteiger partial charge in [-0.2, -0.15) is 9.61 Å². The number of anilines is 2. The third-order valence-corrected chi connectivity index (χ3v) is 6.25. The second kappa shape index (κ2) is 11.1. The maximum atomic E-state index is 11.9. The molecule has 3 aromatic rings. The first kappa shape index (κ1) is 23.7. The summed E-state index contributed by atoms with van der Waals surface area (Å²) in [5, 5.41) is 8.09. The molecule has 0 spiro atoms. The highest BCUT2D eigenvalue weighted by atomic mass is 16.5. The molecule has 0 aromatic carbocycles. The van der Waals surface area contributed by atoms with E-state index in [1.807, 2.05) is 29.0 Å². The summed E-state index contributed by atoms with van der Waals surface area (Å²) in [6, 6.07) is 5.49. The molecule has 0 unspecified atom stereocenters. The molecular formula is C25H33N7O2. The van der Waals surface area contributed by atoms with Crippen LogP contribution in [-0.4, -0.2) is 50.8 Å². The van der Waals surface area contributed by atoms with Gasteiger partial charge >= 0.3 is 5.97 Å². The molecule has 4 heterocycles. The van der Waals surface area contributed by atoms with Crippen LogP contribution in [0.1, 0.15) is 43.7 Å². The highest BCUT2D eigenvalue weighted by Crippen LogP contribution is 2.29. The Labute approximate surface area is 200 Å². The van der Waals surface area contributed by atoms with Crippen LogP contribution in [0.15, 0.2) is 49.4 Å². The predicted molar refractivity (Wildman–Crippen MR) is 133 cm³/mol. The number of fused-ring (bicyclic) bond motifs is 1. The van der Waals surface area contributed by atoms with Crippen molar-refractivity contribution in [2.24, 2.45) is 5.73 Å². The Bertz CT molecular complexity index is 1120. The highest BCUT2D eigenvalue weighted by Gasteiger charge is 2.26. The van der Waals surface area contributed by atoms with E-state index in [0.717, 1.165) is 67.1 Å². The second-order valence-electron chi connectivity index (χ2n) is 8.53. The van der Waals surface area contributed by atoms with E-state index in [2.05, 4.69) is 39.9 Å². The summed E-state index contributed by atoms with van der Waals surface area (Å²) in [6.07, 6.45) is 11.7. The summed E-state index contributed by atoms with van der Waals surface area (Å²) in [5.41, 5.74) is 8.74. The van der Waals surface area contributed by atoms with Crippen molar-refractivity contribution in [3.8, 4) is 0 Å². The molecule has 0 bridgehead atoms. The summed E-state index contributed by atoms with van der Waals surface area (Å²) in [6.45, 7) is 7.53. The Morgan fingerprint density at radius 3 is 3.06 bits per heavy atom. The number of hydrogen-bond donors (Lipinski definition) is 2. The fraction of sp³-hybridized carbons (Fsp3) is 0.440. The molecule has 4 rings (SSSR count). The number of aryl methyl sites for hydroxylation is 1. The lowest BCUT2D eigenvalue weighted by molar-refractivity contribution is -0.144. The van der Waals surface area contributed by atoms with Gasteiger partial charge in [-0.25, -0.2) is 4.98 Å². The second-order valence-corrected chi connectivity index (χ2v) is 8.53. The van der Waals surface area contributed by atoms with Crippen LogP contribution in [0.5, 0.6) is 0 Å². The molecule has 1 aliphatic heterocycles. The van der Waals surface area contributed by atoms with Gasteiger partial charge in [-0.3, -0.25) is 9.78 Å². The molecule has 3 N–H and O–H groups in total. The zero-order chi connectivity index (χ0) is 23.9. The standard InChI is InChI=1S/C25H33N7O2/c1-3-19-17-29-32-22(28-16-18-8-7-11-27-15-18)14-23(30-24(19)32)31-12-6-5-9-20(31)10-13-34-25(33)21(26)4-2/h4,7-8,11,14-15,17,20-21,28H,2-3,5-6,9-10,12-13,16,26H2,1H3/t20-,21-/m0/s1. The van der Waals surface area contributed by atoms with E-state index in [-0.39, 0.29) is 6.04 Å². The van der Waals surface area contributed by atoms with Gasteiger partial charge in [0.2, 0.25) is 0 Å². The number of carbonyl (C=O) groups is 1. The Kier molecular flexibility index (Phi) is 7.74. The van der Waals surface area contributed by atoms with Crippen molar-refractivity contribution in [1.82, 2.24) is 19.6 Å². The number of carbonyl (C=O) groups excluding carboxylic acids is 1. The number of esters is 1. The lowest BCUT2D eigenvalue weighted by Gasteiger charge is -2.37. The van der Waals surface area contributed by atoms with Crippen LogP contribution in [0, 0.1) is 0 Å². The molecular weight excluding hydrogens is 430 g/mol. The van der Waals surface area contributed by atoms with Gasteiger partial charge in [0.25, 0.3) is 0 Å². The molecule has 2 atom stereocenters. The van der Waals surface area contributed by atoms with Crippen molar-refractivity contribution >= 4 is 23.3 Å². The smallest absolute Gasteiger partial charge is 0.326 e. The van der Waals surface area contributed by atoms with Crippen LogP contribution >= 0.6 is 0 Å². The number of nitrogens with two attached hydrogens (primary N) is 1. The molecule has 34 heavy (non-hydrogen) atoms. The third-order valence-electron chi connectivity index (χ3n) is 6.25. The van der Waals surface area contributed by atoms with Gasteiger partial charge in [0.15, 0.2) is 5.65 Å². The Morgan fingerprint density at radius 2 is 2.29 bits per heavy atom. The summed E-state index contributed by atoms with van der Waals surface area (Å²) in [5.74, 6) is 1.36. The largest absolute Gasteiger partial charge is 0.464 e. The molecule has 0 aliphatic carbocycles. The Balaban J connectivity index is 1.56. The van der Waals surface area contributed by atoms with Crippen LogP contribution < -0.4 is 16.0 Å². The minimum atomic E-state index is -0.783. The summed E-state index contributed by atoms with van der Waals surface area (Å²) in [4.78, 5) is 23.5. The van der Waals surface area contributed by atoms with Crippen molar-refractivity contribution in [1.29, 1.82) is 0 Å². The maximum Gasteiger partial charge on any atom is 0.326 e. The topological polar surface area (TPSA) is 111 Å². The zero-order valence-electron chi connectivity index (χ0n) is 19.7. The van der Waals surface area contributed by atoms with Crippen LogP contribution in [0.2, 0.25) is 0 Å². The first-order valence-electron chi connectivity index (χ1n) is 11.9. The first-order chi connectivity index (χ1) is 16.6. The Hall–Kier alpha value is -3.46. The van der Waals surface area contributed by atoms with E-state index in [1.165, 1.54) is 6.08 Å². The SMILES string of the molecule is C=C[C@H](N)C(=O)OCC[C@@H]1CCCCN1c1cc(NCc2cccnc2)n2ncc(CC)c2n1. The van der Waals surface area contributed by atoms with E-state index in [9.17, 15) is 4.79 Å². The average molecular weight is 464 g/mol. The molecule has 1 aliphatic rings. The normalized spacial score (nSPS) is 16.9. The minimum Gasteiger partial charge on any atom is -0.464 e. The summed E-state index contributed by atoms with van der Waals surface area (Å²) < 4.78 is 7.24. The third kappa shape index (κ3) is 5.36. The fourth-order valence-corrected chi connectivity index (χ4v) is 4.30. The van der Waals surface area contributed by atoms with Gasteiger partial charge in [0.05, 0.1) is 12.8 Å². The number of aromatic nitrogens is 4. The molecule has 0 saturated carbocycles. The van der Waals surface area contributed by atoms with E-state index in [0.29, 0.717) is 13.2 Å². The molecule has 3 aromatic heterocycles. The number of hydrogen-bond acceptors (Lipinski definition) is 8. The molecule has 9 heteroatoms. The van der Waals surface area contributed by atoms with Gasteiger partial charge in [-0.05, 0) is 37.3 Å². The zero-order valence-corrected chi connectivity index (χ0v) is 19.7. The number of ether oxygens (including phenoxy) is 1. The highest BCUT2D eigenvalue weighted by molar-refractivity contribution is 5.77. The van der Waals surface area contributed by atoms with Crippen LogP contribution in [0.4, 0.5) is 11.6 Å². The van der Waals surface area contributed by atoms with Gasteiger partial charge in [0, 0.05) is 49.6 Å². The van der Waals surface area contributed by atoms with E-state index >= 15 is 0 Å². The fourth-order valence-electron chi connectivity index (χ4n) is 4.30. The van der Waals surface area contributed by atoms with Crippen molar-refractivity contribution in [3.05, 3.63) is 60.6 Å². The van der Waals surface area contributed by atoms with Crippen molar-refractivity contribution in [2.75, 3.05) is 23.4 Å². The number of nitrogens with zero attached hydrogens (tertiary/aromatic N) is 5. The van der Waals surface area contributed by atoms with Gasteiger partial charge < -0.3 is 20.7 Å². The molecule has 1 fully saturated rings. The number of rotatable bonds is 10. The van der Waals surface area contributed by atoms with E-state index < -0.39 is 12.0 Å². The van der Waals surface area contributed by atoms with E-state index in [4.69, 9.17) is 15.5 Å². The minimum absolute atomic E-state index is 0.232. The first-order valence-corrected chi connectivity index (χ1v) is 11.9. The van der Waals surface area contributed by atoms with Crippen LogP contribution in [0.25, 0.3) is 5.65 Å². The summed E-state index contributed by atoms with van der Waals surface area (Å²) in [7, 11) is 0. The molecule has 1 saturated heterocycles. The van der Waals surface area contributed by atoms with Gasteiger partial charge in [0.1, 0.15) is 17.7 Å². The van der Waals surface area contributed by atoms with Crippen molar-refractivity contribution in [2.45, 2.75) is 57.7 Å². The van der Waals surface area contributed by atoms with Gasteiger partial charge in [-0.1, -0.05) is 19.1 Å². The average Bonchev–Trinajstić information content (AvgIpc) is 3.30. The van der Waals surface area contributed by atoms with Crippen molar-refractivity contribution < 1.29 is 9.53 Å². The van der Waals surface area contributed by atoms with Gasteiger partial charge in [-0.15, -0.1) is 6.58 Å². The number of piperidine rings is 1. The Morgan fingerprint density at radius 1 is 1.41 bits per heavy atom.